The van der Waals surface area contributed by atoms with Crippen molar-refractivity contribution in [2.45, 2.75) is 70.3 Å². The van der Waals surface area contributed by atoms with Crippen molar-refractivity contribution in [3.05, 3.63) is 12.2 Å². The van der Waals surface area contributed by atoms with Crippen LogP contribution < -0.4 is 0 Å². The van der Waals surface area contributed by atoms with Gasteiger partial charge in [-0.2, -0.15) is 0 Å². The van der Waals surface area contributed by atoms with Crippen molar-refractivity contribution in [2.24, 2.45) is 39.9 Å². The molecule has 5 aliphatic carbocycles. The number of rotatable bonds is 1. The minimum atomic E-state index is -0.500. The molecule has 0 amide bonds. The minimum Gasteiger partial charge on any atom is -0.392 e. The number of hydrogen-bond donors (Lipinski definition) is 3. The van der Waals surface area contributed by atoms with Gasteiger partial charge in [0, 0.05) is 29.3 Å². The standard InChI is InChI=1S/C22H33NO3/c1-4-23-10-20(3)6-5-17(25)22-15(20)7-13(18(22)23)21-9-12(11(2)19(21)26)14(24)8-16(21)22/h12-19,24-26H,2,4-10H2,1,3H3/t12-,13?,14+,15-,16-,17+,18-,19-,20+,21?,22?/m1/s1. The first-order valence-electron chi connectivity index (χ1n) is 10.8. The van der Waals surface area contributed by atoms with Gasteiger partial charge in [-0.3, -0.25) is 4.90 Å². The lowest BCUT2D eigenvalue weighted by Gasteiger charge is -2.65. The molecule has 1 heterocycles. The zero-order chi connectivity index (χ0) is 18.2. The highest BCUT2D eigenvalue weighted by Gasteiger charge is 2.85. The van der Waals surface area contributed by atoms with Crippen molar-refractivity contribution in [3.8, 4) is 0 Å². The van der Waals surface area contributed by atoms with Gasteiger partial charge in [0.2, 0.25) is 0 Å². The van der Waals surface area contributed by atoms with Crippen LogP contribution >= 0.6 is 0 Å². The van der Waals surface area contributed by atoms with E-state index >= 15 is 0 Å². The fourth-order valence-corrected chi connectivity index (χ4v) is 9.97. The van der Waals surface area contributed by atoms with Crippen LogP contribution in [0, 0.1) is 39.9 Å². The average molecular weight is 360 g/mol. The third-order valence-corrected chi connectivity index (χ3v) is 10.6. The molecule has 1 aliphatic heterocycles. The van der Waals surface area contributed by atoms with Gasteiger partial charge in [0.05, 0.1) is 18.3 Å². The van der Waals surface area contributed by atoms with E-state index in [2.05, 4.69) is 25.3 Å². The first-order chi connectivity index (χ1) is 12.3. The summed E-state index contributed by atoms with van der Waals surface area (Å²) in [6.07, 6.45) is 3.58. The van der Waals surface area contributed by atoms with Crippen molar-refractivity contribution in [1.29, 1.82) is 0 Å². The van der Waals surface area contributed by atoms with Crippen molar-refractivity contribution in [3.63, 3.8) is 0 Å². The number of hydrogen-bond acceptors (Lipinski definition) is 4. The van der Waals surface area contributed by atoms with Crippen molar-refractivity contribution >= 4 is 0 Å². The summed E-state index contributed by atoms with van der Waals surface area (Å²) in [7, 11) is 0. The van der Waals surface area contributed by atoms with Gasteiger partial charge in [-0.15, -0.1) is 0 Å². The van der Waals surface area contributed by atoms with E-state index in [-0.39, 0.29) is 34.2 Å². The lowest BCUT2D eigenvalue weighted by molar-refractivity contribution is -0.218. The van der Waals surface area contributed by atoms with Crippen LogP contribution in [-0.4, -0.2) is 57.7 Å². The molecule has 2 spiro atoms. The highest BCUT2D eigenvalue weighted by Crippen LogP contribution is 2.83. The summed E-state index contributed by atoms with van der Waals surface area (Å²) in [4.78, 5) is 2.65. The van der Waals surface area contributed by atoms with Crippen LogP contribution in [-0.2, 0) is 0 Å². The predicted molar refractivity (Wildman–Crippen MR) is 98.2 cm³/mol. The Morgan fingerprint density at radius 1 is 1.19 bits per heavy atom. The van der Waals surface area contributed by atoms with Crippen molar-refractivity contribution in [1.82, 2.24) is 4.90 Å². The van der Waals surface area contributed by atoms with Crippen LogP contribution in [0.1, 0.15) is 46.0 Å². The van der Waals surface area contributed by atoms with Gasteiger partial charge >= 0.3 is 0 Å². The second kappa shape index (κ2) is 4.59. The normalized spacial score (nSPS) is 65.5. The third kappa shape index (κ3) is 1.37. The molecule has 7 bridgehead atoms. The van der Waals surface area contributed by atoms with Crippen LogP contribution in [0.15, 0.2) is 12.2 Å². The summed E-state index contributed by atoms with van der Waals surface area (Å²) in [5.41, 5.74) is 0.849. The molecular weight excluding hydrogens is 326 g/mol. The largest absolute Gasteiger partial charge is 0.392 e. The van der Waals surface area contributed by atoms with Gasteiger partial charge in [0.1, 0.15) is 0 Å². The Hall–Kier alpha value is -0.420. The SMILES string of the molecule is C=C1[C@H]2CC3(C4C[C@H]5C6([C@@H]3C[C@@H]2O)[C@@H](O)CC[C@@]5(C)CN(CC)[C@H]46)[C@@H]1O. The van der Waals surface area contributed by atoms with Crippen molar-refractivity contribution in [2.75, 3.05) is 13.1 Å². The summed E-state index contributed by atoms with van der Waals surface area (Å²) in [6.45, 7) is 11.1. The molecule has 144 valence electrons. The Bertz CT molecular complexity index is 695. The van der Waals surface area contributed by atoms with E-state index in [0.717, 1.165) is 50.8 Å². The quantitative estimate of drug-likeness (QED) is 0.625. The second-order valence-electron chi connectivity index (χ2n) is 10.9. The molecule has 1 saturated heterocycles. The molecule has 0 aromatic carbocycles. The summed E-state index contributed by atoms with van der Waals surface area (Å²) in [5.74, 6) is 1.26. The minimum absolute atomic E-state index is 0.0547. The molecule has 0 aromatic heterocycles. The van der Waals surface area contributed by atoms with Crippen molar-refractivity contribution < 1.29 is 15.3 Å². The summed E-state index contributed by atoms with van der Waals surface area (Å²) in [6, 6.07) is 0.373. The number of fused-ring (bicyclic) bond motifs is 1. The number of aliphatic hydroxyl groups excluding tert-OH is 3. The highest BCUT2D eigenvalue weighted by molar-refractivity contribution is 5.39. The van der Waals surface area contributed by atoms with E-state index in [9.17, 15) is 15.3 Å². The Balaban J connectivity index is 1.61. The molecule has 0 aromatic rings. The van der Waals surface area contributed by atoms with Gasteiger partial charge in [0.25, 0.3) is 0 Å². The van der Waals surface area contributed by atoms with E-state index in [1.54, 1.807) is 0 Å². The Labute approximate surface area is 156 Å². The maximum absolute atomic E-state index is 11.5. The Morgan fingerprint density at radius 3 is 2.69 bits per heavy atom. The molecule has 0 radical (unpaired) electrons. The van der Waals surface area contributed by atoms with E-state index in [4.69, 9.17) is 0 Å². The molecule has 26 heavy (non-hydrogen) atoms. The summed E-state index contributed by atoms with van der Waals surface area (Å²) < 4.78 is 0. The summed E-state index contributed by atoms with van der Waals surface area (Å²) in [5, 5.41) is 33.8. The molecule has 6 aliphatic rings. The third-order valence-electron chi connectivity index (χ3n) is 10.6. The van der Waals surface area contributed by atoms with Crippen LogP contribution in [0.4, 0.5) is 0 Å². The van der Waals surface area contributed by atoms with Crippen LogP contribution in [0.3, 0.4) is 0 Å². The predicted octanol–water partition coefficient (Wildman–Crippen LogP) is 1.79. The molecule has 3 unspecified atom stereocenters. The summed E-state index contributed by atoms with van der Waals surface area (Å²) >= 11 is 0. The van der Waals surface area contributed by atoms with Gasteiger partial charge in [-0.25, -0.2) is 0 Å². The Kier molecular flexibility index (Phi) is 2.92. The fraction of sp³-hybridized carbons (Fsp3) is 0.909. The molecule has 6 rings (SSSR count). The van der Waals surface area contributed by atoms with E-state index in [0.29, 0.717) is 17.9 Å². The number of aliphatic hydroxyl groups is 3. The zero-order valence-corrected chi connectivity index (χ0v) is 16.1. The van der Waals surface area contributed by atoms with Gasteiger partial charge in [-0.05, 0) is 67.4 Å². The lowest BCUT2D eigenvalue weighted by atomic mass is 9.43. The fourth-order valence-electron chi connectivity index (χ4n) is 9.97. The van der Waals surface area contributed by atoms with Crippen LogP contribution in [0.5, 0.6) is 0 Å². The second-order valence-corrected chi connectivity index (χ2v) is 10.9. The number of piperidine rings is 1. The maximum atomic E-state index is 11.5. The highest BCUT2D eigenvalue weighted by atomic mass is 16.3. The van der Waals surface area contributed by atoms with Crippen LogP contribution in [0.2, 0.25) is 0 Å². The lowest BCUT2D eigenvalue weighted by Crippen LogP contribution is -2.68. The van der Waals surface area contributed by atoms with E-state index in [1.807, 2.05) is 0 Å². The molecule has 5 saturated carbocycles. The topological polar surface area (TPSA) is 63.9 Å². The van der Waals surface area contributed by atoms with Gasteiger partial charge < -0.3 is 15.3 Å². The van der Waals surface area contributed by atoms with Crippen LogP contribution in [0.25, 0.3) is 0 Å². The molecule has 6 fully saturated rings. The smallest absolute Gasteiger partial charge is 0.0813 e. The molecule has 3 N–H and O–H groups in total. The molecular formula is C22H33NO3. The van der Waals surface area contributed by atoms with E-state index in [1.165, 1.54) is 0 Å². The number of likely N-dealkylation sites (tertiary alicyclic amines) is 1. The zero-order valence-electron chi connectivity index (χ0n) is 16.1. The first kappa shape index (κ1) is 16.5. The molecule has 4 nitrogen and oxygen atoms in total. The molecule has 11 atom stereocenters. The van der Waals surface area contributed by atoms with Gasteiger partial charge in [-0.1, -0.05) is 20.4 Å². The number of nitrogens with zero attached hydrogens (tertiary/aromatic N) is 1. The van der Waals surface area contributed by atoms with Gasteiger partial charge in [0.15, 0.2) is 0 Å². The average Bonchev–Trinajstić information content (AvgIpc) is 3.14. The molecule has 4 heteroatoms. The Morgan fingerprint density at radius 2 is 1.96 bits per heavy atom. The first-order valence-corrected chi connectivity index (χ1v) is 10.8. The monoisotopic (exact) mass is 359 g/mol. The van der Waals surface area contributed by atoms with E-state index < -0.39 is 12.2 Å². The maximum Gasteiger partial charge on any atom is 0.0813 e.